The quantitative estimate of drug-likeness (QED) is 0.162. The van der Waals surface area contributed by atoms with Gasteiger partial charge in [0.1, 0.15) is 0 Å². The van der Waals surface area contributed by atoms with Crippen molar-refractivity contribution in [2.45, 2.75) is 117 Å². The van der Waals surface area contributed by atoms with E-state index in [0.717, 1.165) is 62.9 Å². The fourth-order valence-corrected chi connectivity index (χ4v) is 23.1. The van der Waals surface area contributed by atoms with Gasteiger partial charge in [0.2, 0.25) is 0 Å². The van der Waals surface area contributed by atoms with Gasteiger partial charge < -0.3 is 0 Å². The molecule has 1 aliphatic heterocycles. The summed E-state index contributed by atoms with van der Waals surface area (Å²) < 4.78 is 54.0. The first-order valence-electron chi connectivity index (χ1n) is 17.7. The maximum atomic E-state index is 14.4. The molecule has 1 aliphatic rings. The van der Waals surface area contributed by atoms with E-state index >= 15 is 0 Å². The van der Waals surface area contributed by atoms with Crippen molar-refractivity contribution >= 4 is 47.3 Å². The predicted octanol–water partition coefficient (Wildman–Crippen LogP) is 9.27. The van der Waals surface area contributed by atoms with Gasteiger partial charge >= 0.3 is 261 Å². The Hall–Kier alpha value is -1.79. The molecule has 1 aromatic carbocycles. The first-order valence-corrected chi connectivity index (χ1v) is 28.9. The number of piperazine rings is 1. The number of hydrogen-bond donors (Lipinski definition) is 1. The van der Waals surface area contributed by atoms with Gasteiger partial charge in [-0.05, 0) is 0 Å². The summed E-state index contributed by atoms with van der Waals surface area (Å²) >= 11 is -2.92. The number of nitrogens with zero attached hydrogens (tertiary/aromatic N) is 3. The number of unbranched alkanes of at least 4 members (excludes halogenated alkanes) is 3. The average molecular weight is 784 g/mol. The molecule has 0 saturated carbocycles. The van der Waals surface area contributed by atoms with Gasteiger partial charge in [-0.3, -0.25) is 0 Å². The SMILES string of the molecule is CCC[CH2][Sn]([CH2]CCC)([CH2]CCC)[c]1ccc(N2CCN(C)C(C)C2)c(NC(=O)c2cnc(OCC[Si](C)(C)C)cc2C(F)(F)F)c1. The van der Waals surface area contributed by atoms with Crippen LogP contribution in [0.2, 0.25) is 39.0 Å². The van der Waals surface area contributed by atoms with Gasteiger partial charge in [0, 0.05) is 8.07 Å². The Morgan fingerprint density at radius 3 is 2.17 bits per heavy atom. The number of hydrogen-bond acceptors (Lipinski definition) is 5. The number of halogens is 3. The van der Waals surface area contributed by atoms with E-state index in [0.29, 0.717) is 18.3 Å². The van der Waals surface area contributed by atoms with Crippen LogP contribution in [0.4, 0.5) is 24.5 Å². The molecule has 3 rings (SSSR count). The Morgan fingerprint density at radius 2 is 1.64 bits per heavy atom. The Labute approximate surface area is 287 Å². The summed E-state index contributed by atoms with van der Waals surface area (Å²) in [5, 5.41) is 2.99. The van der Waals surface area contributed by atoms with Crippen LogP contribution >= 0.6 is 0 Å². The molecule has 1 aromatic heterocycles. The number of nitrogens with one attached hydrogen (secondary N) is 1. The summed E-state index contributed by atoms with van der Waals surface area (Å²) in [4.78, 5) is 22.6. The molecule has 0 radical (unpaired) electrons. The summed E-state index contributed by atoms with van der Waals surface area (Å²) in [7, 11) is 0.663. The second kappa shape index (κ2) is 17.7. The zero-order valence-electron chi connectivity index (χ0n) is 30.2. The molecule has 11 heteroatoms. The number of alkyl halides is 3. The predicted molar refractivity (Wildman–Crippen MR) is 196 cm³/mol. The molecule has 1 saturated heterocycles. The van der Waals surface area contributed by atoms with Crippen LogP contribution in [-0.2, 0) is 6.18 Å². The minimum atomic E-state index is -4.74. The van der Waals surface area contributed by atoms with Gasteiger partial charge in [-0.25, -0.2) is 0 Å². The van der Waals surface area contributed by atoms with Crippen molar-refractivity contribution in [1.29, 1.82) is 0 Å². The normalized spacial score (nSPS) is 16.4. The molecule has 47 heavy (non-hydrogen) atoms. The summed E-state index contributed by atoms with van der Waals surface area (Å²) in [6.45, 7) is 18.1. The third kappa shape index (κ3) is 11.4. The number of pyridine rings is 1. The minimum absolute atomic E-state index is 0.108. The number of benzene rings is 1. The summed E-state index contributed by atoms with van der Waals surface area (Å²) in [5.74, 6) is -0.904. The topological polar surface area (TPSA) is 57.7 Å². The van der Waals surface area contributed by atoms with Gasteiger partial charge in [-0.15, -0.1) is 0 Å². The van der Waals surface area contributed by atoms with Crippen LogP contribution in [0.1, 0.15) is 82.1 Å². The molecular weight excluding hydrogens is 724 g/mol. The summed E-state index contributed by atoms with van der Waals surface area (Å²) in [6.07, 6.45) is 3.28. The van der Waals surface area contributed by atoms with Crippen molar-refractivity contribution < 1.29 is 22.7 Å². The zero-order chi connectivity index (χ0) is 34.8. The van der Waals surface area contributed by atoms with Crippen molar-refractivity contribution in [2.24, 2.45) is 0 Å². The van der Waals surface area contributed by atoms with Crippen molar-refractivity contribution in [2.75, 3.05) is 43.5 Å². The van der Waals surface area contributed by atoms with Gasteiger partial charge in [0.05, 0.1) is 0 Å². The maximum absolute atomic E-state index is 14.4. The van der Waals surface area contributed by atoms with Crippen molar-refractivity contribution in [3.63, 3.8) is 0 Å². The Morgan fingerprint density at radius 1 is 1.02 bits per heavy atom. The van der Waals surface area contributed by atoms with Gasteiger partial charge in [0.25, 0.3) is 0 Å². The Balaban J connectivity index is 2.08. The van der Waals surface area contributed by atoms with Crippen LogP contribution in [-0.4, -0.2) is 81.6 Å². The molecule has 264 valence electrons. The molecular formula is C36H59F3N4O2SiSn. The van der Waals surface area contributed by atoms with Gasteiger partial charge in [0.15, 0.2) is 0 Å². The molecule has 0 spiro atoms. The number of aromatic nitrogens is 1. The van der Waals surface area contributed by atoms with Crippen LogP contribution in [0, 0.1) is 0 Å². The number of anilines is 2. The Kier molecular flexibility index (Phi) is 15.0. The number of carbonyl (C=O) groups is 1. The van der Waals surface area contributed by atoms with E-state index in [1.54, 1.807) is 0 Å². The van der Waals surface area contributed by atoms with E-state index in [-0.39, 0.29) is 5.88 Å². The molecule has 1 unspecified atom stereocenters. The fourth-order valence-electron chi connectivity index (χ4n) is 6.44. The third-order valence-electron chi connectivity index (χ3n) is 9.72. The Bertz CT molecular complexity index is 1280. The fraction of sp³-hybridized carbons (Fsp3) is 0.667. The number of rotatable bonds is 17. The van der Waals surface area contributed by atoms with Crippen LogP contribution in [0.15, 0.2) is 30.5 Å². The molecule has 1 atom stereocenters. The van der Waals surface area contributed by atoms with Crippen LogP contribution < -0.4 is 18.5 Å². The third-order valence-corrected chi connectivity index (χ3v) is 27.0. The van der Waals surface area contributed by atoms with E-state index in [4.69, 9.17) is 4.74 Å². The molecule has 0 bridgehead atoms. The monoisotopic (exact) mass is 784 g/mol. The first kappa shape index (κ1) is 39.6. The molecule has 2 aromatic rings. The average Bonchev–Trinajstić information content (AvgIpc) is 3.01. The van der Waals surface area contributed by atoms with E-state index in [1.807, 2.05) is 0 Å². The second-order valence-corrected chi connectivity index (χ2v) is 33.6. The number of likely N-dealkylation sites (N-methyl/N-ethyl adjacent to an activating group) is 1. The van der Waals surface area contributed by atoms with Crippen molar-refractivity contribution in [1.82, 2.24) is 9.88 Å². The molecule has 0 aliphatic carbocycles. The zero-order valence-corrected chi connectivity index (χ0v) is 34.0. The van der Waals surface area contributed by atoms with Crippen molar-refractivity contribution in [3.05, 3.63) is 41.6 Å². The number of ether oxygens (including phenoxy) is 1. The molecule has 1 fully saturated rings. The van der Waals surface area contributed by atoms with Gasteiger partial charge in [-0.2, -0.15) is 0 Å². The second-order valence-electron chi connectivity index (χ2n) is 14.8. The van der Waals surface area contributed by atoms with Crippen molar-refractivity contribution in [3.8, 4) is 5.88 Å². The van der Waals surface area contributed by atoms with Gasteiger partial charge in [-0.1, -0.05) is 19.6 Å². The van der Waals surface area contributed by atoms with E-state index in [9.17, 15) is 18.0 Å². The van der Waals surface area contributed by atoms with E-state index in [1.165, 1.54) is 36.2 Å². The van der Waals surface area contributed by atoms with Crippen LogP contribution in [0.3, 0.4) is 0 Å². The summed E-state index contributed by atoms with van der Waals surface area (Å²) in [5.41, 5.74) is -0.0351. The molecule has 1 N–H and O–H groups in total. The standard InChI is InChI=1S/C24H32F3N4O2Si.3C4H9.Sn/c1-17-16-31(11-10-30(17)2)21-9-7-6-8-20(21)29-23(32)18-15-28-22(14-19(18)24(25,26)27)33-12-13-34(3,4)5;3*1-3-4-2;/h7-9,14-15,17H,10-13,16H2,1-5H3,(H,29,32);3*1,3-4H2,2H3;. The first-order chi connectivity index (χ1) is 22.1. The molecule has 2 heterocycles. The van der Waals surface area contributed by atoms with Crippen LogP contribution in [0.25, 0.3) is 0 Å². The molecule has 1 amide bonds. The number of amides is 1. The molecule has 6 nitrogen and oxygen atoms in total. The van der Waals surface area contributed by atoms with E-state index < -0.39 is 49.7 Å². The van der Waals surface area contributed by atoms with Crippen LogP contribution in [0.5, 0.6) is 5.88 Å². The summed E-state index contributed by atoms with van der Waals surface area (Å²) in [6, 6.07) is 8.57. The van der Waals surface area contributed by atoms with E-state index in [2.05, 4.69) is 92.7 Å². The number of carbonyl (C=O) groups excluding carboxylic acids is 1.